The molecular weight excluding hydrogens is 416 g/mol. The van der Waals surface area contributed by atoms with Crippen molar-refractivity contribution in [3.05, 3.63) is 34.3 Å². The van der Waals surface area contributed by atoms with Gasteiger partial charge in [0.05, 0.1) is 20.8 Å². The van der Waals surface area contributed by atoms with Crippen LogP contribution in [-0.2, 0) is 6.54 Å². The van der Waals surface area contributed by atoms with E-state index in [-0.39, 0.29) is 11.9 Å². The van der Waals surface area contributed by atoms with E-state index in [0.29, 0.717) is 42.5 Å². The van der Waals surface area contributed by atoms with Crippen LogP contribution < -0.4 is 20.1 Å². The molecule has 1 aromatic carbocycles. The van der Waals surface area contributed by atoms with Crippen molar-refractivity contribution in [3.8, 4) is 11.5 Å². The lowest BCUT2D eigenvalue weighted by atomic mass is 10.2. The van der Waals surface area contributed by atoms with Crippen LogP contribution >= 0.6 is 11.3 Å². The van der Waals surface area contributed by atoms with Crippen molar-refractivity contribution < 1.29 is 19.1 Å². The van der Waals surface area contributed by atoms with Crippen molar-refractivity contribution in [1.29, 1.82) is 0 Å². The average molecular weight is 449 g/mol. The number of rotatable bonds is 12. The SMILES string of the molecule is CCCCNC(=O)c1csc(CN(CCCC)C(=O)Nc2cc(OC)cc(OC)c2)n1. The topological polar surface area (TPSA) is 92.8 Å². The molecule has 0 unspecified atom stereocenters. The molecular formula is C22H32N4O4S. The van der Waals surface area contributed by atoms with E-state index in [0.717, 1.165) is 30.7 Å². The number of methoxy groups -OCH3 is 2. The van der Waals surface area contributed by atoms with Gasteiger partial charge in [-0.1, -0.05) is 26.7 Å². The van der Waals surface area contributed by atoms with Gasteiger partial charge in [0.25, 0.3) is 5.91 Å². The molecule has 170 valence electrons. The monoisotopic (exact) mass is 448 g/mol. The van der Waals surface area contributed by atoms with E-state index in [2.05, 4.69) is 29.5 Å². The molecule has 0 spiro atoms. The first-order valence-corrected chi connectivity index (χ1v) is 11.4. The fourth-order valence-electron chi connectivity index (χ4n) is 2.80. The summed E-state index contributed by atoms with van der Waals surface area (Å²) >= 11 is 1.38. The van der Waals surface area contributed by atoms with E-state index < -0.39 is 0 Å². The molecule has 2 rings (SSSR count). The highest BCUT2D eigenvalue weighted by molar-refractivity contribution is 7.09. The summed E-state index contributed by atoms with van der Waals surface area (Å²) in [4.78, 5) is 31.3. The van der Waals surface area contributed by atoms with Crippen molar-refractivity contribution in [1.82, 2.24) is 15.2 Å². The summed E-state index contributed by atoms with van der Waals surface area (Å²) in [6.45, 7) is 5.70. The number of anilines is 1. The second-order valence-corrected chi connectivity index (χ2v) is 7.99. The number of ether oxygens (including phenoxy) is 2. The summed E-state index contributed by atoms with van der Waals surface area (Å²) < 4.78 is 10.5. The molecule has 0 saturated carbocycles. The van der Waals surface area contributed by atoms with Crippen LogP contribution in [0.4, 0.5) is 10.5 Å². The number of unbranched alkanes of at least 4 members (excludes halogenated alkanes) is 2. The van der Waals surface area contributed by atoms with Crippen LogP contribution in [0.1, 0.15) is 55.0 Å². The molecule has 31 heavy (non-hydrogen) atoms. The molecule has 0 saturated heterocycles. The van der Waals surface area contributed by atoms with Gasteiger partial charge in [0.15, 0.2) is 0 Å². The van der Waals surface area contributed by atoms with Gasteiger partial charge in [-0.05, 0) is 12.8 Å². The Morgan fingerprint density at radius 3 is 2.35 bits per heavy atom. The highest BCUT2D eigenvalue weighted by atomic mass is 32.1. The van der Waals surface area contributed by atoms with Crippen LogP contribution in [0.5, 0.6) is 11.5 Å². The first kappa shape index (κ1) is 24.5. The van der Waals surface area contributed by atoms with Crippen molar-refractivity contribution in [3.63, 3.8) is 0 Å². The Hall–Kier alpha value is -2.81. The van der Waals surface area contributed by atoms with E-state index in [1.807, 2.05) is 0 Å². The van der Waals surface area contributed by atoms with Gasteiger partial charge in [0.2, 0.25) is 0 Å². The fourth-order valence-corrected chi connectivity index (χ4v) is 3.59. The molecule has 0 bridgehead atoms. The zero-order valence-electron chi connectivity index (χ0n) is 18.7. The molecule has 0 aliphatic carbocycles. The maximum Gasteiger partial charge on any atom is 0.322 e. The molecule has 0 radical (unpaired) electrons. The standard InChI is InChI=1S/C22H32N4O4S/c1-5-7-9-23-21(27)19-15-31-20(25-19)14-26(10-8-6-2)22(28)24-16-11-17(29-3)13-18(12-16)30-4/h11-13,15H,5-10,14H2,1-4H3,(H,23,27)(H,24,28). The Morgan fingerprint density at radius 2 is 1.74 bits per heavy atom. The number of carbonyl (C=O) groups excluding carboxylic acids is 2. The van der Waals surface area contributed by atoms with E-state index in [9.17, 15) is 9.59 Å². The maximum absolute atomic E-state index is 13.0. The third-order valence-electron chi connectivity index (χ3n) is 4.60. The Morgan fingerprint density at radius 1 is 1.06 bits per heavy atom. The van der Waals surface area contributed by atoms with Crippen LogP contribution in [0.25, 0.3) is 0 Å². The molecule has 0 aliphatic heterocycles. The number of amides is 3. The number of urea groups is 1. The summed E-state index contributed by atoms with van der Waals surface area (Å²) in [6.07, 6.45) is 3.77. The first-order valence-electron chi connectivity index (χ1n) is 10.5. The number of nitrogens with zero attached hydrogens (tertiary/aromatic N) is 2. The highest BCUT2D eigenvalue weighted by Crippen LogP contribution is 2.26. The van der Waals surface area contributed by atoms with Gasteiger partial charge in [-0.2, -0.15) is 0 Å². The number of carbonyl (C=O) groups is 2. The van der Waals surface area contributed by atoms with E-state index >= 15 is 0 Å². The second-order valence-electron chi connectivity index (χ2n) is 7.04. The summed E-state index contributed by atoms with van der Waals surface area (Å²) in [5.74, 6) is 1.01. The van der Waals surface area contributed by atoms with Crippen molar-refractivity contribution in [2.45, 2.75) is 46.1 Å². The second kappa shape index (κ2) is 12.8. The number of nitrogens with one attached hydrogen (secondary N) is 2. The van der Waals surface area contributed by atoms with Crippen LogP contribution in [0.15, 0.2) is 23.6 Å². The summed E-state index contributed by atoms with van der Waals surface area (Å²) in [5.41, 5.74) is 0.974. The maximum atomic E-state index is 13.0. The predicted molar refractivity (Wildman–Crippen MR) is 123 cm³/mol. The minimum absolute atomic E-state index is 0.177. The summed E-state index contributed by atoms with van der Waals surface area (Å²) in [7, 11) is 3.12. The van der Waals surface area contributed by atoms with Gasteiger partial charge in [-0.3, -0.25) is 4.79 Å². The normalized spacial score (nSPS) is 10.5. The largest absolute Gasteiger partial charge is 0.497 e. The number of thiazole rings is 1. The van der Waals surface area contributed by atoms with E-state index in [4.69, 9.17) is 9.47 Å². The van der Waals surface area contributed by atoms with Gasteiger partial charge >= 0.3 is 6.03 Å². The number of aromatic nitrogens is 1. The van der Waals surface area contributed by atoms with Gasteiger partial charge < -0.3 is 25.0 Å². The lowest BCUT2D eigenvalue weighted by molar-refractivity contribution is 0.0948. The van der Waals surface area contributed by atoms with E-state index in [1.54, 1.807) is 42.7 Å². The van der Waals surface area contributed by atoms with Gasteiger partial charge in [-0.25, -0.2) is 9.78 Å². The minimum atomic E-state index is -0.243. The van der Waals surface area contributed by atoms with Crippen LogP contribution in [0.3, 0.4) is 0 Å². The Bertz CT molecular complexity index is 834. The molecule has 0 atom stereocenters. The summed E-state index contributed by atoms with van der Waals surface area (Å²) in [6, 6.07) is 4.97. The third-order valence-corrected chi connectivity index (χ3v) is 5.43. The number of benzene rings is 1. The van der Waals surface area contributed by atoms with Gasteiger partial charge in [-0.15, -0.1) is 11.3 Å². The molecule has 2 N–H and O–H groups in total. The van der Waals surface area contributed by atoms with Gasteiger partial charge in [0, 0.05) is 42.4 Å². The van der Waals surface area contributed by atoms with Crippen LogP contribution in [0, 0.1) is 0 Å². The lowest BCUT2D eigenvalue weighted by Crippen LogP contribution is -2.35. The average Bonchev–Trinajstić information content (AvgIpc) is 3.25. The van der Waals surface area contributed by atoms with E-state index in [1.165, 1.54) is 11.3 Å². The Kier molecular flexibility index (Phi) is 10.1. The number of hydrogen-bond acceptors (Lipinski definition) is 6. The van der Waals surface area contributed by atoms with Crippen LogP contribution in [-0.4, -0.2) is 49.1 Å². The quantitative estimate of drug-likeness (QED) is 0.466. The zero-order valence-corrected chi connectivity index (χ0v) is 19.5. The minimum Gasteiger partial charge on any atom is -0.497 e. The predicted octanol–water partition coefficient (Wildman–Crippen LogP) is 4.52. The van der Waals surface area contributed by atoms with Crippen molar-refractivity contribution in [2.75, 3.05) is 32.6 Å². The molecule has 9 heteroatoms. The lowest BCUT2D eigenvalue weighted by Gasteiger charge is -2.22. The summed E-state index contributed by atoms with van der Waals surface area (Å²) in [5, 5.41) is 8.23. The molecule has 8 nitrogen and oxygen atoms in total. The molecule has 0 aliphatic rings. The molecule has 3 amide bonds. The smallest absolute Gasteiger partial charge is 0.322 e. The molecule has 2 aromatic rings. The first-order chi connectivity index (χ1) is 15.0. The fraction of sp³-hybridized carbons (Fsp3) is 0.500. The molecule has 0 fully saturated rings. The Balaban J connectivity index is 2.08. The van der Waals surface area contributed by atoms with Crippen molar-refractivity contribution >= 4 is 29.0 Å². The van der Waals surface area contributed by atoms with Crippen molar-refractivity contribution in [2.24, 2.45) is 0 Å². The van der Waals surface area contributed by atoms with Crippen LogP contribution in [0.2, 0.25) is 0 Å². The highest BCUT2D eigenvalue weighted by Gasteiger charge is 2.18. The van der Waals surface area contributed by atoms with Gasteiger partial charge in [0.1, 0.15) is 22.2 Å². The number of hydrogen-bond donors (Lipinski definition) is 2. The Labute approximate surface area is 188 Å². The molecule has 1 aromatic heterocycles. The molecule has 1 heterocycles. The third kappa shape index (κ3) is 7.75. The zero-order chi connectivity index (χ0) is 22.6.